The van der Waals surface area contributed by atoms with E-state index in [0.717, 1.165) is 22.3 Å². The first-order chi connectivity index (χ1) is 33.7. The number of aromatic nitrogens is 3. The molecule has 61 heavy (non-hydrogen) atoms. The molecule has 2 aromatic heterocycles. The van der Waals surface area contributed by atoms with E-state index in [1.807, 2.05) is 45.0 Å². The molecule has 0 atom stereocenters. The van der Waals surface area contributed by atoms with Crippen LogP contribution in [0.15, 0.2) is 133 Å². The van der Waals surface area contributed by atoms with Crippen LogP contribution in [0.3, 0.4) is 0 Å². The first kappa shape index (κ1) is 29.6. The minimum Gasteiger partial charge on any atom is -0.507 e. The standard InChI is InChI=1S/C56H56N3O.Pt/c1-35-19-21-37(22-20-35)39-25-26-57-48(33-39)42-28-41(31-43(32-42)54(3,4)5)46-16-14-17-50-52(46)58-53(47-15-12-13-18-51(47)60)59(50)49-24-23-38(27-36(49)2)40-29-44(55(6,7)8)34-45(30-40)56(9,10)11;/h12-27,29-34,60H,1-11H3;/q-1;/i1D3,2D3,19D,20D,21D,22D,25D,26D,33D;. The number of aromatic hydroxyl groups is 1. The summed E-state index contributed by atoms with van der Waals surface area (Å²) in [6, 6.07) is 26.6. The zero-order chi connectivity index (χ0) is 53.8. The quantitative estimate of drug-likeness (QED) is 0.169. The van der Waals surface area contributed by atoms with Gasteiger partial charge in [-0.3, -0.25) is 9.55 Å². The Hall–Kier alpha value is -5.57. The zero-order valence-corrected chi connectivity index (χ0v) is 38.0. The number of para-hydroxylation sites is 2. The van der Waals surface area contributed by atoms with E-state index in [1.165, 1.54) is 6.07 Å². The molecule has 0 unspecified atom stereocenters. The number of hydrogen-bond donors (Lipinski definition) is 1. The summed E-state index contributed by atoms with van der Waals surface area (Å²) in [5.41, 5.74) is 4.49. The molecule has 312 valence electrons. The molecule has 2 heterocycles. The summed E-state index contributed by atoms with van der Waals surface area (Å²) >= 11 is 0. The molecule has 0 amide bonds. The van der Waals surface area contributed by atoms with Gasteiger partial charge in [0.2, 0.25) is 0 Å². The third-order valence-corrected chi connectivity index (χ3v) is 10.8. The average molecular weight is 995 g/mol. The van der Waals surface area contributed by atoms with E-state index >= 15 is 0 Å². The van der Waals surface area contributed by atoms with Gasteiger partial charge in [-0.2, -0.15) is 0 Å². The van der Waals surface area contributed by atoms with Crippen molar-refractivity contribution < 1.29 is 44.0 Å². The molecule has 0 radical (unpaired) electrons. The number of imidazole rings is 1. The Morgan fingerprint density at radius 3 is 1.93 bits per heavy atom. The number of aryl methyl sites for hydroxylation is 1. The van der Waals surface area contributed by atoms with E-state index < -0.39 is 78.2 Å². The zero-order valence-electron chi connectivity index (χ0n) is 48.8. The van der Waals surface area contributed by atoms with E-state index in [0.29, 0.717) is 39.0 Å². The summed E-state index contributed by atoms with van der Waals surface area (Å²) in [4.78, 5) is 9.57. The van der Waals surface area contributed by atoms with E-state index in [1.54, 1.807) is 47.0 Å². The second-order valence-corrected chi connectivity index (χ2v) is 18.4. The number of phenolic OH excluding ortho intramolecular Hbond substituents is 1. The third-order valence-electron chi connectivity index (χ3n) is 10.8. The maximum absolute atomic E-state index is 11.4. The van der Waals surface area contributed by atoms with Crippen LogP contribution in [0.4, 0.5) is 0 Å². The van der Waals surface area contributed by atoms with Crippen LogP contribution in [0.2, 0.25) is 0 Å². The SMILES string of the molecule is [2H]c1nc(-c2[c-]c(-c3cccc4c3nc(-c3ccccc3O)n4-c3ccc(-c4cc(C(C)(C)C)cc(C(C)(C)C)c4)cc3C([2H])([2H])[2H])cc(C(C)(C)C)c2)c([2H])c(-c2c([2H])c([2H])c(C([2H])([2H])[2H])c([2H])c2[2H])c1[2H].[Pt]. The predicted molar refractivity (Wildman–Crippen MR) is 252 cm³/mol. The van der Waals surface area contributed by atoms with Crippen molar-refractivity contribution in [2.75, 3.05) is 0 Å². The normalized spacial score (nSPS) is 15.6. The van der Waals surface area contributed by atoms with E-state index in [-0.39, 0.29) is 60.3 Å². The summed E-state index contributed by atoms with van der Waals surface area (Å²) < 4.78 is 114. The molecule has 0 saturated carbocycles. The Bertz CT molecular complexity index is 3480. The van der Waals surface area contributed by atoms with Gasteiger partial charge in [-0.15, -0.1) is 29.3 Å². The van der Waals surface area contributed by atoms with E-state index in [4.69, 9.17) is 21.4 Å². The molecule has 6 aromatic carbocycles. The molecule has 5 heteroatoms. The van der Waals surface area contributed by atoms with Gasteiger partial charge in [0, 0.05) is 41.2 Å². The Balaban J connectivity index is 0.00000800. The Kier molecular flexibility index (Phi) is 7.95. The van der Waals surface area contributed by atoms with Crippen LogP contribution in [0.1, 0.15) is 108 Å². The van der Waals surface area contributed by atoms with Crippen molar-refractivity contribution in [3.8, 4) is 67.5 Å². The van der Waals surface area contributed by atoms with Gasteiger partial charge in [0.05, 0.1) is 31.9 Å². The van der Waals surface area contributed by atoms with Crippen molar-refractivity contribution in [3.05, 3.63) is 167 Å². The van der Waals surface area contributed by atoms with Gasteiger partial charge in [0.25, 0.3) is 0 Å². The second kappa shape index (κ2) is 16.4. The number of benzene rings is 6. The van der Waals surface area contributed by atoms with Crippen molar-refractivity contribution in [2.24, 2.45) is 0 Å². The fourth-order valence-corrected chi connectivity index (χ4v) is 7.26. The molecular formula is C56H56N3OPt-. The molecule has 4 nitrogen and oxygen atoms in total. The van der Waals surface area contributed by atoms with Crippen molar-refractivity contribution in [3.63, 3.8) is 0 Å². The van der Waals surface area contributed by atoms with Gasteiger partial charge >= 0.3 is 0 Å². The van der Waals surface area contributed by atoms with E-state index in [9.17, 15) is 6.48 Å². The Labute approximate surface area is 395 Å². The first-order valence-electron chi connectivity index (χ1n) is 26.5. The first-order valence-corrected chi connectivity index (χ1v) is 20.0. The van der Waals surface area contributed by atoms with Crippen LogP contribution < -0.4 is 0 Å². The fraction of sp³-hybridized carbons (Fsp3) is 0.250. The maximum Gasteiger partial charge on any atom is 0.148 e. The van der Waals surface area contributed by atoms with Gasteiger partial charge in [-0.1, -0.05) is 158 Å². The molecule has 0 spiro atoms. The third kappa shape index (κ3) is 8.79. The minimum atomic E-state index is -2.99. The molecule has 0 aliphatic heterocycles. The van der Waals surface area contributed by atoms with Crippen molar-refractivity contribution in [2.45, 2.75) is 92.3 Å². The average Bonchev–Trinajstić information content (AvgIpc) is 3.68. The van der Waals surface area contributed by atoms with Gasteiger partial charge in [0.1, 0.15) is 11.6 Å². The smallest absolute Gasteiger partial charge is 0.148 e. The van der Waals surface area contributed by atoms with Crippen LogP contribution in [-0.4, -0.2) is 19.6 Å². The summed E-state index contributed by atoms with van der Waals surface area (Å²) in [6.07, 6.45) is -0.630. The minimum absolute atomic E-state index is 0. The van der Waals surface area contributed by atoms with E-state index in [2.05, 4.69) is 70.8 Å². The molecule has 8 aromatic rings. The Morgan fingerprint density at radius 2 is 1.28 bits per heavy atom. The topological polar surface area (TPSA) is 50.9 Å². The molecule has 0 saturated heterocycles. The van der Waals surface area contributed by atoms with Crippen molar-refractivity contribution >= 4 is 11.0 Å². The molecular weight excluding hydrogens is 926 g/mol. The van der Waals surface area contributed by atoms with Crippen LogP contribution in [-0.2, 0) is 37.3 Å². The molecule has 8 rings (SSSR count). The van der Waals surface area contributed by atoms with Crippen LogP contribution in [0, 0.1) is 19.8 Å². The predicted octanol–water partition coefficient (Wildman–Crippen LogP) is 14.8. The van der Waals surface area contributed by atoms with Crippen LogP contribution in [0.5, 0.6) is 5.75 Å². The largest absolute Gasteiger partial charge is 0.507 e. The van der Waals surface area contributed by atoms with Crippen LogP contribution >= 0.6 is 0 Å². The summed E-state index contributed by atoms with van der Waals surface area (Å²) in [5, 5.41) is 11.4. The van der Waals surface area contributed by atoms with Crippen LogP contribution in [0.25, 0.3) is 72.7 Å². The maximum atomic E-state index is 11.4. The summed E-state index contributed by atoms with van der Waals surface area (Å²) in [7, 11) is 0. The van der Waals surface area contributed by atoms with Gasteiger partial charge in [-0.05, 0) is 105 Å². The summed E-state index contributed by atoms with van der Waals surface area (Å²) in [5.74, 6) is 0.165. The summed E-state index contributed by atoms with van der Waals surface area (Å²) in [6.45, 7) is 13.2. The molecule has 0 aliphatic carbocycles. The number of hydrogen-bond acceptors (Lipinski definition) is 3. The number of fused-ring (bicyclic) bond motifs is 1. The number of phenols is 1. The Morgan fingerprint density at radius 1 is 0.623 bits per heavy atom. The van der Waals surface area contributed by atoms with Gasteiger partial charge < -0.3 is 5.11 Å². The van der Waals surface area contributed by atoms with Crippen molar-refractivity contribution in [1.82, 2.24) is 14.5 Å². The molecule has 0 fully saturated rings. The van der Waals surface area contributed by atoms with Gasteiger partial charge in [-0.25, -0.2) is 4.98 Å². The monoisotopic (exact) mass is 994 g/mol. The number of nitrogens with zero attached hydrogens (tertiary/aromatic N) is 3. The molecule has 1 N–H and O–H groups in total. The van der Waals surface area contributed by atoms with Gasteiger partial charge in [0.15, 0.2) is 0 Å². The molecule has 0 aliphatic rings. The number of rotatable bonds is 6. The van der Waals surface area contributed by atoms with Crippen molar-refractivity contribution in [1.29, 1.82) is 0 Å². The second-order valence-electron chi connectivity index (χ2n) is 18.4. The number of pyridine rings is 1. The molecule has 0 bridgehead atoms. The fourth-order valence-electron chi connectivity index (χ4n) is 7.26.